The summed E-state index contributed by atoms with van der Waals surface area (Å²) in [6.45, 7) is 0. The van der Waals surface area contributed by atoms with Crippen LogP contribution in [0.15, 0.2) is 36.4 Å². The van der Waals surface area contributed by atoms with E-state index in [1.807, 2.05) is 30.3 Å². The Bertz CT molecular complexity index is 554. The van der Waals surface area contributed by atoms with E-state index in [1.165, 1.54) is 17.7 Å². The Balaban J connectivity index is 1.89. The fourth-order valence-corrected chi connectivity index (χ4v) is 2.60. The molecule has 0 spiro atoms. The van der Waals surface area contributed by atoms with Gasteiger partial charge in [0.25, 0.3) is 0 Å². The van der Waals surface area contributed by atoms with Crippen molar-refractivity contribution in [2.75, 3.05) is 0 Å². The van der Waals surface area contributed by atoms with Crippen LogP contribution in [0.25, 0.3) is 0 Å². The summed E-state index contributed by atoms with van der Waals surface area (Å²) in [7, 11) is 0. The summed E-state index contributed by atoms with van der Waals surface area (Å²) in [4.78, 5) is 4.56. The van der Waals surface area contributed by atoms with Crippen LogP contribution in [0, 0.1) is 3.57 Å². The van der Waals surface area contributed by atoms with Crippen LogP contribution >= 0.6 is 22.6 Å². The Labute approximate surface area is 114 Å². The third kappa shape index (κ3) is 2.29. The van der Waals surface area contributed by atoms with Gasteiger partial charge in [0.15, 0.2) is 0 Å². The molecular formula is C14H12INO. The predicted molar refractivity (Wildman–Crippen MR) is 75.5 cm³/mol. The SMILES string of the molecule is Ic1ccccc1Oc1ccc2c(n1)CCC2. The summed E-state index contributed by atoms with van der Waals surface area (Å²) in [6, 6.07) is 12.1. The van der Waals surface area contributed by atoms with Crippen LogP contribution in [0.2, 0.25) is 0 Å². The van der Waals surface area contributed by atoms with Crippen molar-refractivity contribution in [2.45, 2.75) is 19.3 Å². The minimum absolute atomic E-state index is 0.703. The van der Waals surface area contributed by atoms with Gasteiger partial charge in [0, 0.05) is 11.8 Å². The number of halogens is 1. The molecule has 1 heterocycles. The lowest BCUT2D eigenvalue weighted by molar-refractivity contribution is 0.458. The van der Waals surface area contributed by atoms with Crippen LogP contribution in [0.5, 0.6) is 11.6 Å². The molecule has 0 bridgehead atoms. The maximum Gasteiger partial charge on any atom is 0.219 e. The highest BCUT2D eigenvalue weighted by atomic mass is 127. The second-order valence-corrected chi connectivity index (χ2v) is 5.30. The number of pyridine rings is 1. The number of hydrogen-bond donors (Lipinski definition) is 0. The van der Waals surface area contributed by atoms with E-state index in [1.54, 1.807) is 0 Å². The van der Waals surface area contributed by atoms with Gasteiger partial charge in [0.2, 0.25) is 5.88 Å². The van der Waals surface area contributed by atoms with Crippen molar-refractivity contribution in [1.82, 2.24) is 4.98 Å². The van der Waals surface area contributed by atoms with Crippen molar-refractivity contribution in [3.05, 3.63) is 51.2 Å². The highest BCUT2D eigenvalue weighted by Crippen LogP contribution is 2.28. The lowest BCUT2D eigenvalue weighted by Gasteiger charge is -2.07. The summed E-state index contributed by atoms with van der Waals surface area (Å²) in [5, 5.41) is 0. The van der Waals surface area contributed by atoms with Gasteiger partial charge in [-0.25, -0.2) is 4.98 Å². The van der Waals surface area contributed by atoms with E-state index in [0.717, 1.165) is 22.2 Å². The van der Waals surface area contributed by atoms with Gasteiger partial charge in [-0.3, -0.25) is 0 Å². The molecule has 0 fully saturated rings. The first kappa shape index (κ1) is 11.0. The van der Waals surface area contributed by atoms with Gasteiger partial charge >= 0.3 is 0 Å². The van der Waals surface area contributed by atoms with E-state index in [4.69, 9.17) is 4.74 Å². The zero-order valence-electron chi connectivity index (χ0n) is 9.32. The fourth-order valence-electron chi connectivity index (χ4n) is 2.10. The van der Waals surface area contributed by atoms with E-state index in [2.05, 4.69) is 33.6 Å². The molecule has 0 saturated heterocycles. The normalized spacial score (nSPS) is 13.5. The van der Waals surface area contributed by atoms with Crippen molar-refractivity contribution in [1.29, 1.82) is 0 Å². The number of aromatic nitrogens is 1. The highest BCUT2D eigenvalue weighted by Gasteiger charge is 2.13. The third-order valence-corrected chi connectivity index (χ3v) is 3.84. The Morgan fingerprint density at radius 3 is 2.82 bits per heavy atom. The first-order valence-corrected chi connectivity index (χ1v) is 6.82. The second-order valence-electron chi connectivity index (χ2n) is 4.14. The van der Waals surface area contributed by atoms with Crippen molar-refractivity contribution in [2.24, 2.45) is 0 Å². The molecule has 3 rings (SSSR count). The number of benzene rings is 1. The molecule has 1 aromatic heterocycles. The van der Waals surface area contributed by atoms with E-state index in [9.17, 15) is 0 Å². The molecule has 3 heteroatoms. The van der Waals surface area contributed by atoms with Crippen LogP contribution in [0.1, 0.15) is 17.7 Å². The van der Waals surface area contributed by atoms with E-state index >= 15 is 0 Å². The number of aryl methyl sites for hydroxylation is 2. The maximum atomic E-state index is 5.82. The van der Waals surface area contributed by atoms with Gasteiger partial charge < -0.3 is 4.74 Å². The van der Waals surface area contributed by atoms with Gasteiger partial charge in [0.05, 0.1) is 3.57 Å². The van der Waals surface area contributed by atoms with Crippen LogP contribution in [0.3, 0.4) is 0 Å². The van der Waals surface area contributed by atoms with Crippen LogP contribution in [-0.4, -0.2) is 4.98 Å². The number of hydrogen-bond acceptors (Lipinski definition) is 2. The van der Waals surface area contributed by atoms with E-state index in [-0.39, 0.29) is 0 Å². The average Bonchev–Trinajstić information content (AvgIpc) is 2.79. The number of para-hydroxylation sites is 1. The third-order valence-electron chi connectivity index (χ3n) is 2.95. The number of fused-ring (bicyclic) bond motifs is 1. The van der Waals surface area contributed by atoms with Gasteiger partial charge in [-0.15, -0.1) is 0 Å². The molecule has 2 nitrogen and oxygen atoms in total. The van der Waals surface area contributed by atoms with Crippen LogP contribution in [-0.2, 0) is 12.8 Å². The van der Waals surface area contributed by atoms with E-state index < -0.39 is 0 Å². The summed E-state index contributed by atoms with van der Waals surface area (Å²) < 4.78 is 6.92. The minimum atomic E-state index is 0.703. The molecule has 17 heavy (non-hydrogen) atoms. The molecular weight excluding hydrogens is 325 g/mol. The fraction of sp³-hybridized carbons (Fsp3) is 0.214. The van der Waals surface area contributed by atoms with Crippen molar-refractivity contribution in [3.63, 3.8) is 0 Å². The molecule has 1 aliphatic rings. The molecule has 1 aliphatic carbocycles. The molecule has 0 aliphatic heterocycles. The molecule has 1 aromatic carbocycles. The van der Waals surface area contributed by atoms with Gasteiger partial charge in [0.1, 0.15) is 5.75 Å². The minimum Gasteiger partial charge on any atom is -0.438 e. The monoisotopic (exact) mass is 337 g/mol. The van der Waals surface area contributed by atoms with Crippen molar-refractivity contribution >= 4 is 22.6 Å². The maximum absolute atomic E-state index is 5.82. The lowest BCUT2D eigenvalue weighted by atomic mass is 10.2. The lowest BCUT2D eigenvalue weighted by Crippen LogP contribution is -1.94. The zero-order chi connectivity index (χ0) is 11.7. The summed E-state index contributed by atoms with van der Waals surface area (Å²) in [5.74, 6) is 1.58. The van der Waals surface area contributed by atoms with E-state index in [0.29, 0.717) is 5.88 Å². The number of ether oxygens (including phenoxy) is 1. The molecule has 0 radical (unpaired) electrons. The quantitative estimate of drug-likeness (QED) is 0.774. The Hall–Kier alpha value is -1.10. The molecule has 0 saturated carbocycles. The highest BCUT2D eigenvalue weighted by molar-refractivity contribution is 14.1. The molecule has 0 N–H and O–H groups in total. The standard InChI is InChI=1S/C14H12INO/c15-11-5-1-2-7-13(11)17-14-9-8-10-4-3-6-12(10)16-14/h1-2,5,7-9H,3-4,6H2. The average molecular weight is 337 g/mol. The number of nitrogens with zero attached hydrogens (tertiary/aromatic N) is 1. The second kappa shape index (κ2) is 4.64. The molecule has 0 atom stereocenters. The van der Waals surface area contributed by atoms with Crippen molar-refractivity contribution in [3.8, 4) is 11.6 Å². The number of rotatable bonds is 2. The largest absolute Gasteiger partial charge is 0.438 e. The van der Waals surface area contributed by atoms with Crippen molar-refractivity contribution < 1.29 is 4.74 Å². The molecule has 86 valence electrons. The summed E-state index contributed by atoms with van der Waals surface area (Å²) in [5.41, 5.74) is 2.58. The molecule has 0 unspecified atom stereocenters. The zero-order valence-corrected chi connectivity index (χ0v) is 11.5. The Morgan fingerprint density at radius 1 is 1.06 bits per heavy atom. The smallest absolute Gasteiger partial charge is 0.219 e. The molecule has 2 aromatic rings. The van der Waals surface area contributed by atoms with Gasteiger partial charge in [-0.05, 0) is 59.5 Å². The topological polar surface area (TPSA) is 22.1 Å². The predicted octanol–water partition coefficient (Wildman–Crippen LogP) is 3.97. The Morgan fingerprint density at radius 2 is 1.94 bits per heavy atom. The van der Waals surface area contributed by atoms with Gasteiger partial charge in [-0.2, -0.15) is 0 Å². The first-order chi connectivity index (χ1) is 8.33. The Kier molecular flexibility index (Phi) is 3.01. The summed E-state index contributed by atoms with van der Waals surface area (Å²) >= 11 is 2.27. The summed E-state index contributed by atoms with van der Waals surface area (Å²) in [6.07, 6.45) is 3.46. The molecule has 0 amide bonds. The van der Waals surface area contributed by atoms with Gasteiger partial charge in [-0.1, -0.05) is 18.2 Å². The van der Waals surface area contributed by atoms with Crippen LogP contribution < -0.4 is 4.74 Å². The first-order valence-electron chi connectivity index (χ1n) is 5.74. The van der Waals surface area contributed by atoms with Crippen LogP contribution in [0.4, 0.5) is 0 Å².